The molecule has 4 heteroatoms. The number of aliphatic hydroxyl groups excluding tert-OH is 1. The first-order valence-electron chi connectivity index (χ1n) is 9.56. The number of hydrogen-bond acceptors (Lipinski definition) is 4. The van der Waals surface area contributed by atoms with Gasteiger partial charge in [0.25, 0.3) is 0 Å². The molecule has 1 heterocycles. The SMILES string of the molecule is Cc1ccc(OC[C@@H](O)CNC2CCN(Cc3ccccc3)CC2)cc1. The summed E-state index contributed by atoms with van der Waals surface area (Å²) in [5.41, 5.74) is 2.58. The molecule has 0 unspecified atom stereocenters. The van der Waals surface area contributed by atoms with Crippen molar-refractivity contribution in [2.45, 2.75) is 38.5 Å². The van der Waals surface area contributed by atoms with Crippen LogP contribution in [-0.2, 0) is 6.54 Å². The first kappa shape index (κ1) is 18.9. The summed E-state index contributed by atoms with van der Waals surface area (Å²) in [5.74, 6) is 0.809. The van der Waals surface area contributed by atoms with Crippen LogP contribution in [0, 0.1) is 6.92 Å². The van der Waals surface area contributed by atoms with Crippen LogP contribution >= 0.6 is 0 Å². The number of likely N-dealkylation sites (tertiary alicyclic amines) is 1. The van der Waals surface area contributed by atoms with Gasteiger partial charge in [0.15, 0.2) is 0 Å². The molecule has 0 amide bonds. The molecule has 140 valence electrons. The Kier molecular flexibility index (Phi) is 7.06. The molecule has 1 aliphatic rings. The average molecular weight is 354 g/mol. The van der Waals surface area contributed by atoms with Crippen molar-refractivity contribution in [2.75, 3.05) is 26.2 Å². The van der Waals surface area contributed by atoms with E-state index in [4.69, 9.17) is 4.74 Å². The fourth-order valence-corrected chi connectivity index (χ4v) is 3.33. The standard InChI is InChI=1S/C22H30N2O2/c1-18-7-9-22(10-8-18)26-17-21(25)15-23-20-11-13-24(14-12-20)16-19-5-3-2-4-6-19/h2-10,20-21,23,25H,11-17H2,1H3/t21-/m0/s1. The van der Waals surface area contributed by atoms with Gasteiger partial charge in [0.05, 0.1) is 0 Å². The van der Waals surface area contributed by atoms with Gasteiger partial charge in [0.2, 0.25) is 0 Å². The van der Waals surface area contributed by atoms with Gasteiger partial charge in [0, 0.05) is 19.1 Å². The van der Waals surface area contributed by atoms with Gasteiger partial charge in [-0.05, 0) is 50.6 Å². The molecule has 3 rings (SSSR count). The molecule has 1 aliphatic heterocycles. The Hall–Kier alpha value is -1.88. The first-order valence-corrected chi connectivity index (χ1v) is 9.56. The maximum absolute atomic E-state index is 10.1. The zero-order valence-electron chi connectivity index (χ0n) is 15.6. The van der Waals surface area contributed by atoms with Crippen molar-refractivity contribution in [3.05, 3.63) is 65.7 Å². The van der Waals surface area contributed by atoms with Crippen LogP contribution in [0.1, 0.15) is 24.0 Å². The van der Waals surface area contributed by atoms with Gasteiger partial charge in [-0.25, -0.2) is 0 Å². The van der Waals surface area contributed by atoms with Crippen LogP contribution in [0.3, 0.4) is 0 Å². The molecule has 0 aromatic heterocycles. The number of nitrogens with one attached hydrogen (secondary N) is 1. The Morgan fingerprint density at radius 1 is 1.08 bits per heavy atom. The predicted octanol–water partition coefficient (Wildman–Crippen LogP) is 2.99. The molecule has 0 saturated carbocycles. The maximum Gasteiger partial charge on any atom is 0.119 e. The van der Waals surface area contributed by atoms with Gasteiger partial charge in [-0.3, -0.25) is 4.90 Å². The van der Waals surface area contributed by atoms with Crippen LogP contribution in [-0.4, -0.2) is 48.4 Å². The Balaban J connectivity index is 1.31. The van der Waals surface area contributed by atoms with E-state index < -0.39 is 6.10 Å². The number of ether oxygens (including phenoxy) is 1. The summed E-state index contributed by atoms with van der Waals surface area (Å²) in [6.45, 7) is 6.18. The molecule has 0 spiro atoms. The lowest BCUT2D eigenvalue weighted by molar-refractivity contribution is 0.0979. The lowest BCUT2D eigenvalue weighted by atomic mass is 10.0. The van der Waals surface area contributed by atoms with E-state index in [0.717, 1.165) is 38.2 Å². The van der Waals surface area contributed by atoms with Crippen LogP contribution in [0.25, 0.3) is 0 Å². The van der Waals surface area contributed by atoms with Gasteiger partial charge in [0.1, 0.15) is 18.5 Å². The fourth-order valence-electron chi connectivity index (χ4n) is 3.33. The Morgan fingerprint density at radius 3 is 2.46 bits per heavy atom. The zero-order valence-corrected chi connectivity index (χ0v) is 15.6. The van der Waals surface area contributed by atoms with E-state index in [-0.39, 0.29) is 0 Å². The third-order valence-corrected chi connectivity index (χ3v) is 4.94. The van der Waals surface area contributed by atoms with Crippen molar-refractivity contribution in [2.24, 2.45) is 0 Å². The monoisotopic (exact) mass is 354 g/mol. The van der Waals surface area contributed by atoms with Gasteiger partial charge in [-0.15, -0.1) is 0 Å². The largest absolute Gasteiger partial charge is 0.491 e. The number of nitrogens with zero attached hydrogens (tertiary/aromatic N) is 1. The van der Waals surface area contributed by atoms with Gasteiger partial charge >= 0.3 is 0 Å². The van der Waals surface area contributed by atoms with Crippen molar-refractivity contribution in [1.82, 2.24) is 10.2 Å². The second-order valence-electron chi connectivity index (χ2n) is 7.22. The number of rotatable bonds is 8. The Morgan fingerprint density at radius 2 is 1.77 bits per heavy atom. The summed E-state index contributed by atoms with van der Waals surface area (Å²) >= 11 is 0. The van der Waals surface area contributed by atoms with E-state index in [1.54, 1.807) is 0 Å². The van der Waals surface area contributed by atoms with Gasteiger partial charge in [-0.1, -0.05) is 48.0 Å². The molecule has 2 N–H and O–H groups in total. The van der Waals surface area contributed by atoms with E-state index in [2.05, 4.69) is 40.5 Å². The topological polar surface area (TPSA) is 44.7 Å². The van der Waals surface area contributed by atoms with Gasteiger partial charge < -0.3 is 15.2 Å². The van der Waals surface area contributed by atoms with E-state index in [1.807, 2.05) is 31.2 Å². The molecular formula is C22H30N2O2. The second kappa shape index (κ2) is 9.72. The number of piperidine rings is 1. The van der Waals surface area contributed by atoms with E-state index in [9.17, 15) is 5.11 Å². The Labute approximate surface area is 156 Å². The number of benzene rings is 2. The molecule has 2 aromatic carbocycles. The molecule has 0 aliphatic carbocycles. The summed E-state index contributed by atoms with van der Waals surface area (Å²) in [7, 11) is 0. The minimum absolute atomic E-state index is 0.322. The lowest BCUT2D eigenvalue weighted by Gasteiger charge is -2.33. The summed E-state index contributed by atoms with van der Waals surface area (Å²) in [4.78, 5) is 2.50. The molecule has 0 bridgehead atoms. The van der Waals surface area contributed by atoms with Crippen LogP contribution in [0.4, 0.5) is 0 Å². The van der Waals surface area contributed by atoms with Crippen LogP contribution in [0.15, 0.2) is 54.6 Å². The zero-order chi connectivity index (χ0) is 18.2. The smallest absolute Gasteiger partial charge is 0.119 e. The summed E-state index contributed by atoms with van der Waals surface area (Å²) in [6.07, 6.45) is 1.76. The number of aliphatic hydroxyl groups is 1. The van der Waals surface area contributed by atoms with Gasteiger partial charge in [-0.2, -0.15) is 0 Å². The summed E-state index contributed by atoms with van der Waals surface area (Å²) in [6, 6.07) is 19.0. The maximum atomic E-state index is 10.1. The molecule has 1 atom stereocenters. The van der Waals surface area contributed by atoms with Crippen molar-refractivity contribution in [3.8, 4) is 5.75 Å². The average Bonchev–Trinajstić information content (AvgIpc) is 2.68. The van der Waals surface area contributed by atoms with Crippen LogP contribution in [0.5, 0.6) is 5.75 Å². The van der Waals surface area contributed by atoms with Crippen molar-refractivity contribution in [1.29, 1.82) is 0 Å². The lowest BCUT2D eigenvalue weighted by Crippen LogP contribution is -2.45. The molecule has 2 aromatic rings. The predicted molar refractivity (Wildman–Crippen MR) is 105 cm³/mol. The molecule has 26 heavy (non-hydrogen) atoms. The molecular weight excluding hydrogens is 324 g/mol. The van der Waals surface area contributed by atoms with E-state index in [1.165, 1.54) is 11.1 Å². The summed E-state index contributed by atoms with van der Waals surface area (Å²) < 4.78 is 5.65. The number of aryl methyl sites for hydroxylation is 1. The normalized spacial score (nSPS) is 17.2. The third-order valence-electron chi connectivity index (χ3n) is 4.94. The highest BCUT2D eigenvalue weighted by Crippen LogP contribution is 2.14. The highest BCUT2D eigenvalue weighted by molar-refractivity contribution is 5.26. The molecule has 0 radical (unpaired) electrons. The van der Waals surface area contributed by atoms with Crippen LogP contribution < -0.4 is 10.1 Å². The number of hydrogen-bond donors (Lipinski definition) is 2. The van der Waals surface area contributed by atoms with E-state index in [0.29, 0.717) is 19.2 Å². The van der Waals surface area contributed by atoms with Crippen molar-refractivity contribution >= 4 is 0 Å². The Bertz CT molecular complexity index is 637. The molecule has 1 saturated heterocycles. The minimum Gasteiger partial charge on any atom is -0.491 e. The quantitative estimate of drug-likeness (QED) is 0.765. The van der Waals surface area contributed by atoms with Crippen molar-refractivity contribution in [3.63, 3.8) is 0 Å². The summed E-state index contributed by atoms with van der Waals surface area (Å²) in [5, 5.41) is 13.6. The first-order chi connectivity index (χ1) is 12.7. The molecule has 1 fully saturated rings. The highest BCUT2D eigenvalue weighted by atomic mass is 16.5. The highest BCUT2D eigenvalue weighted by Gasteiger charge is 2.19. The third kappa shape index (κ3) is 6.13. The van der Waals surface area contributed by atoms with E-state index >= 15 is 0 Å². The fraction of sp³-hybridized carbons (Fsp3) is 0.455. The molecule has 4 nitrogen and oxygen atoms in total. The second-order valence-corrected chi connectivity index (χ2v) is 7.22. The van der Waals surface area contributed by atoms with Crippen LogP contribution in [0.2, 0.25) is 0 Å². The van der Waals surface area contributed by atoms with Crippen molar-refractivity contribution < 1.29 is 9.84 Å². The minimum atomic E-state index is -0.487.